The lowest BCUT2D eigenvalue weighted by atomic mass is 9.75. The van der Waals surface area contributed by atoms with Gasteiger partial charge in [-0.1, -0.05) is 37.6 Å². The molecule has 0 aromatic heterocycles. The van der Waals surface area contributed by atoms with Crippen LogP contribution in [0.4, 0.5) is 5.69 Å². The van der Waals surface area contributed by atoms with Crippen LogP contribution in [0.25, 0.3) is 6.08 Å². The van der Waals surface area contributed by atoms with Gasteiger partial charge in [-0.2, -0.15) is 0 Å². The standard InChI is InChI=1S/C23H26N2O3/c1-15-6-9-19-18(12-15)22(2,3)23(24-21(26)14-25(19)23)11-10-16-7-8-17(27-4)13-20(16)28-5/h6-13H,14H2,1-5H3,(H,24,26)/b11-10+. The summed E-state index contributed by atoms with van der Waals surface area (Å²) in [7, 11) is 3.28. The summed E-state index contributed by atoms with van der Waals surface area (Å²) in [5.74, 6) is 1.50. The van der Waals surface area contributed by atoms with Crippen LogP contribution in [0.1, 0.15) is 30.5 Å². The molecule has 4 rings (SSSR count). The van der Waals surface area contributed by atoms with Crippen LogP contribution in [0.3, 0.4) is 0 Å². The van der Waals surface area contributed by atoms with Crippen LogP contribution in [0, 0.1) is 6.92 Å². The van der Waals surface area contributed by atoms with Crippen molar-refractivity contribution in [2.45, 2.75) is 31.8 Å². The second kappa shape index (κ2) is 6.30. The third kappa shape index (κ3) is 2.49. The van der Waals surface area contributed by atoms with E-state index in [0.717, 1.165) is 22.7 Å². The van der Waals surface area contributed by atoms with Crippen molar-refractivity contribution >= 4 is 17.7 Å². The van der Waals surface area contributed by atoms with Gasteiger partial charge in [-0.05, 0) is 36.8 Å². The predicted molar refractivity (Wildman–Crippen MR) is 111 cm³/mol. The van der Waals surface area contributed by atoms with E-state index in [1.165, 1.54) is 11.1 Å². The zero-order valence-electron chi connectivity index (χ0n) is 17.0. The van der Waals surface area contributed by atoms with E-state index in [-0.39, 0.29) is 11.3 Å². The van der Waals surface area contributed by atoms with Crippen molar-refractivity contribution < 1.29 is 14.3 Å². The first-order valence-corrected chi connectivity index (χ1v) is 9.43. The maximum atomic E-state index is 12.4. The van der Waals surface area contributed by atoms with Gasteiger partial charge in [-0.3, -0.25) is 4.79 Å². The summed E-state index contributed by atoms with van der Waals surface area (Å²) in [5.41, 5.74) is 3.60. The van der Waals surface area contributed by atoms with Crippen LogP contribution in [0.2, 0.25) is 0 Å². The lowest BCUT2D eigenvalue weighted by molar-refractivity contribution is -0.118. The second-order valence-electron chi connectivity index (χ2n) is 7.99. The number of anilines is 1. The summed E-state index contributed by atoms with van der Waals surface area (Å²) in [4.78, 5) is 14.6. The summed E-state index contributed by atoms with van der Waals surface area (Å²) in [6, 6.07) is 12.2. The number of hydrogen-bond acceptors (Lipinski definition) is 4. The first-order valence-electron chi connectivity index (χ1n) is 9.43. The molecule has 1 saturated heterocycles. The van der Waals surface area contributed by atoms with Crippen LogP contribution in [0.5, 0.6) is 11.5 Å². The Labute approximate surface area is 165 Å². The lowest BCUT2D eigenvalue weighted by Gasteiger charge is -2.40. The number of aryl methyl sites for hydroxylation is 1. The molecular weight excluding hydrogens is 352 g/mol. The number of amides is 1. The zero-order valence-corrected chi connectivity index (χ0v) is 17.0. The maximum absolute atomic E-state index is 12.4. The average molecular weight is 378 g/mol. The van der Waals surface area contributed by atoms with E-state index in [4.69, 9.17) is 9.47 Å². The molecule has 5 nitrogen and oxygen atoms in total. The molecule has 0 spiro atoms. The molecule has 2 aromatic carbocycles. The minimum absolute atomic E-state index is 0.0330. The number of carbonyl (C=O) groups is 1. The highest BCUT2D eigenvalue weighted by Crippen LogP contribution is 2.53. The Kier molecular flexibility index (Phi) is 4.14. The summed E-state index contributed by atoms with van der Waals surface area (Å²) >= 11 is 0. The van der Waals surface area contributed by atoms with Gasteiger partial charge in [-0.15, -0.1) is 0 Å². The molecule has 0 aliphatic carbocycles. The minimum Gasteiger partial charge on any atom is -0.497 e. The van der Waals surface area contributed by atoms with E-state index in [2.05, 4.69) is 55.3 Å². The van der Waals surface area contributed by atoms with Crippen molar-refractivity contribution in [3.05, 3.63) is 59.2 Å². The van der Waals surface area contributed by atoms with Gasteiger partial charge in [0.2, 0.25) is 5.91 Å². The molecule has 0 radical (unpaired) electrons. The Morgan fingerprint density at radius 1 is 1.11 bits per heavy atom. The van der Waals surface area contributed by atoms with Gasteiger partial charge in [0.1, 0.15) is 17.2 Å². The summed E-state index contributed by atoms with van der Waals surface area (Å²) < 4.78 is 10.8. The highest BCUT2D eigenvalue weighted by Gasteiger charge is 2.59. The minimum atomic E-state index is -0.620. The van der Waals surface area contributed by atoms with Crippen LogP contribution >= 0.6 is 0 Å². The van der Waals surface area contributed by atoms with Gasteiger partial charge in [-0.25, -0.2) is 0 Å². The highest BCUT2D eigenvalue weighted by molar-refractivity contribution is 5.91. The third-order valence-electron chi connectivity index (χ3n) is 6.07. The zero-order chi connectivity index (χ0) is 20.1. The van der Waals surface area contributed by atoms with Crippen molar-refractivity contribution in [2.24, 2.45) is 0 Å². The quantitative estimate of drug-likeness (QED) is 0.882. The van der Waals surface area contributed by atoms with Crippen molar-refractivity contribution in [1.82, 2.24) is 5.32 Å². The SMILES string of the molecule is COc1ccc(/C=C/C23NC(=O)CN2c2ccc(C)cc2C3(C)C)c(OC)c1. The van der Waals surface area contributed by atoms with Crippen LogP contribution in [-0.4, -0.2) is 32.3 Å². The van der Waals surface area contributed by atoms with Crippen molar-refractivity contribution in [2.75, 3.05) is 25.7 Å². The van der Waals surface area contributed by atoms with Crippen LogP contribution in [-0.2, 0) is 10.2 Å². The largest absolute Gasteiger partial charge is 0.497 e. The number of carbonyl (C=O) groups excluding carboxylic acids is 1. The molecule has 146 valence electrons. The first-order chi connectivity index (χ1) is 13.3. The normalized spacial score (nSPS) is 22.2. The molecule has 1 N–H and O–H groups in total. The van der Waals surface area contributed by atoms with E-state index < -0.39 is 5.66 Å². The van der Waals surface area contributed by atoms with Crippen LogP contribution in [0.15, 0.2) is 42.5 Å². The molecular formula is C23H26N2O3. The number of benzene rings is 2. The summed E-state index contributed by atoms with van der Waals surface area (Å²) in [6.07, 6.45) is 4.12. The van der Waals surface area contributed by atoms with E-state index in [9.17, 15) is 4.79 Å². The van der Waals surface area contributed by atoms with Crippen molar-refractivity contribution in [3.8, 4) is 11.5 Å². The fourth-order valence-corrected chi connectivity index (χ4v) is 4.45. The highest BCUT2D eigenvalue weighted by atomic mass is 16.5. The fourth-order valence-electron chi connectivity index (χ4n) is 4.45. The van der Waals surface area contributed by atoms with Crippen molar-refractivity contribution in [1.29, 1.82) is 0 Å². The number of methoxy groups -OCH3 is 2. The topological polar surface area (TPSA) is 50.8 Å². The Bertz CT molecular complexity index is 980. The Morgan fingerprint density at radius 2 is 1.89 bits per heavy atom. The molecule has 1 amide bonds. The number of nitrogens with zero attached hydrogens (tertiary/aromatic N) is 1. The van der Waals surface area contributed by atoms with E-state index in [1.54, 1.807) is 14.2 Å². The number of rotatable bonds is 4. The molecule has 1 fully saturated rings. The smallest absolute Gasteiger partial charge is 0.241 e. The van der Waals surface area contributed by atoms with Gasteiger partial charge in [0, 0.05) is 22.7 Å². The van der Waals surface area contributed by atoms with Gasteiger partial charge in [0.05, 0.1) is 20.8 Å². The number of nitrogens with one attached hydrogen (secondary N) is 1. The molecule has 0 saturated carbocycles. The number of fused-ring (bicyclic) bond motifs is 3. The molecule has 28 heavy (non-hydrogen) atoms. The molecule has 2 aliphatic rings. The molecule has 2 aliphatic heterocycles. The van der Waals surface area contributed by atoms with Gasteiger partial charge >= 0.3 is 0 Å². The maximum Gasteiger partial charge on any atom is 0.241 e. The molecule has 5 heteroatoms. The Morgan fingerprint density at radius 3 is 2.61 bits per heavy atom. The van der Waals surface area contributed by atoms with E-state index in [0.29, 0.717) is 6.54 Å². The summed E-state index contributed by atoms with van der Waals surface area (Å²) in [5, 5.41) is 3.25. The molecule has 1 unspecified atom stereocenters. The van der Waals surface area contributed by atoms with Gasteiger partial charge in [0.15, 0.2) is 0 Å². The number of ether oxygens (including phenoxy) is 2. The molecule has 2 aromatic rings. The average Bonchev–Trinajstić information content (AvgIpc) is 3.10. The Balaban J connectivity index is 1.82. The van der Waals surface area contributed by atoms with Gasteiger partial charge < -0.3 is 19.7 Å². The van der Waals surface area contributed by atoms with Crippen LogP contribution < -0.4 is 19.7 Å². The molecule has 2 heterocycles. The Hall–Kier alpha value is -2.95. The van der Waals surface area contributed by atoms with Gasteiger partial charge in [0.25, 0.3) is 0 Å². The monoisotopic (exact) mass is 378 g/mol. The van der Waals surface area contributed by atoms with E-state index in [1.807, 2.05) is 24.3 Å². The lowest BCUT2D eigenvalue weighted by Crippen LogP contribution is -2.58. The predicted octanol–water partition coefficient (Wildman–Crippen LogP) is 3.65. The molecule has 0 bridgehead atoms. The van der Waals surface area contributed by atoms with Crippen molar-refractivity contribution in [3.63, 3.8) is 0 Å². The number of hydrogen-bond donors (Lipinski definition) is 1. The summed E-state index contributed by atoms with van der Waals surface area (Å²) in [6.45, 7) is 6.83. The van der Waals surface area contributed by atoms with E-state index >= 15 is 0 Å². The first kappa shape index (κ1) is 18.4. The molecule has 1 atom stereocenters. The fraction of sp³-hybridized carbons (Fsp3) is 0.348. The third-order valence-corrected chi connectivity index (χ3v) is 6.07. The second-order valence-corrected chi connectivity index (χ2v) is 7.99.